The van der Waals surface area contributed by atoms with E-state index in [1.54, 1.807) is 0 Å². The second-order valence-electron chi connectivity index (χ2n) is 5.34. The van der Waals surface area contributed by atoms with Crippen LogP contribution in [0.15, 0.2) is 0 Å². The van der Waals surface area contributed by atoms with E-state index in [1.807, 2.05) is 0 Å². The molecule has 0 rings (SSSR count). The van der Waals surface area contributed by atoms with Crippen molar-refractivity contribution in [3.8, 4) is 0 Å². The second kappa shape index (κ2) is 7.91. The number of rotatable bonds is 8. The van der Waals surface area contributed by atoms with Crippen molar-refractivity contribution < 1.29 is 5.11 Å². The molecule has 3 unspecified atom stereocenters. The maximum Gasteiger partial charge on any atom is 0.0683 e. The molecule has 1 nitrogen and oxygen atoms in total. The van der Waals surface area contributed by atoms with Crippen LogP contribution < -0.4 is 0 Å². The molecule has 0 radical (unpaired) electrons. The summed E-state index contributed by atoms with van der Waals surface area (Å²) < 4.78 is 1.06. The molecule has 98 valence electrons. The summed E-state index contributed by atoms with van der Waals surface area (Å²) >= 11 is 2.43. The van der Waals surface area contributed by atoms with Crippen LogP contribution in [0.5, 0.6) is 0 Å². The Balaban J connectivity index is 4.64. The Bertz CT molecular complexity index is 176. The van der Waals surface area contributed by atoms with E-state index >= 15 is 0 Å². The molecular formula is C14H29IO. The molecular weight excluding hydrogens is 311 g/mol. The van der Waals surface area contributed by atoms with E-state index < -0.39 is 5.60 Å². The van der Waals surface area contributed by atoms with Gasteiger partial charge in [-0.1, -0.05) is 69.5 Å². The summed E-state index contributed by atoms with van der Waals surface area (Å²) in [6.07, 6.45) is 4.53. The van der Waals surface area contributed by atoms with Gasteiger partial charge in [0, 0.05) is 4.43 Å². The molecule has 2 heteroatoms. The zero-order valence-electron chi connectivity index (χ0n) is 11.6. The third-order valence-corrected chi connectivity index (χ3v) is 5.27. The van der Waals surface area contributed by atoms with E-state index in [4.69, 9.17) is 0 Å². The molecule has 3 atom stereocenters. The lowest BCUT2D eigenvalue weighted by molar-refractivity contribution is -0.0546. The molecule has 0 amide bonds. The van der Waals surface area contributed by atoms with Crippen LogP contribution >= 0.6 is 22.6 Å². The van der Waals surface area contributed by atoms with Crippen molar-refractivity contribution in [2.24, 2.45) is 17.8 Å². The van der Waals surface area contributed by atoms with Gasteiger partial charge in [0.1, 0.15) is 0 Å². The lowest BCUT2D eigenvalue weighted by Crippen LogP contribution is -2.43. The van der Waals surface area contributed by atoms with Crippen molar-refractivity contribution in [1.82, 2.24) is 0 Å². The first-order valence-corrected chi connectivity index (χ1v) is 8.24. The Morgan fingerprint density at radius 3 is 1.88 bits per heavy atom. The minimum atomic E-state index is -0.492. The number of aliphatic hydroxyl groups is 1. The Labute approximate surface area is 116 Å². The van der Waals surface area contributed by atoms with Crippen LogP contribution in [-0.2, 0) is 0 Å². The molecule has 0 aliphatic rings. The highest BCUT2D eigenvalue weighted by Gasteiger charge is 2.37. The van der Waals surface area contributed by atoms with Crippen molar-refractivity contribution in [3.05, 3.63) is 0 Å². The molecule has 1 N–H and O–H groups in total. The minimum absolute atomic E-state index is 0.438. The Morgan fingerprint density at radius 1 is 1.06 bits per heavy atom. The van der Waals surface area contributed by atoms with Crippen LogP contribution in [-0.4, -0.2) is 15.1 Å². The quantitative estimate of drug-likeness (QED) is 0.503. The molecule has 0 spiro atoms. The van der Waals surface area contributed by atoms with Crippen molar-refractivity contribution in [2.75, 3.05) is 4.43 Å². The number of hydrogen-bond donors (Lipinski definition) is 1. The lowest BCUT2D eigenvalue weighted by atomic mass is 9.73. The van der Waals surface area contributed by atoms with E-state index in [0.717, 1.165) is 29.6 Å². The Hall–Kier alpha value is 0.690. The van der Waals surface area contributed by atoms with Gasteiger partial charge in [-0.15, -0.1) is 0 Å². The average molecular weight is 340 g/mol. The summed E-state index contributed by atoms with van der Waals surface area (Å²) in [5, 5.41) is 10.8. The third-order valence-electron chi connectivity index (χ3n) is 4.21. The topological polar surface area (TPSA) is 20.2 Å². The Morgan fingerprint density at radius 2 is 1.56 bits per heavy atom. The zero-order valence-corrected chi connectivity index (χ0v) is 13.8. The molecule has 0 aliphatic heterocycles. The zero-order chi connectivity index (χ0) is 12.8. The van der Waals surface area contributed by atoms with Crippen LogP contribution in [0.25, 0.3) is 0 Å². The summed E-state index contributed by atoms with van der Waals surface area (Å²) in [4.78, 5) is 0. The summed E-state index contributed by atoms with van der Waals surface area (Å²) in [5.74, 6) is 1.60. The highest BCUT2D eigenvalue weighted by molar-refractivity contribution is 14.1. The van der Waals surface area contributed by atoms with Gasteiger partial charge >= 0.3 is 0 Å². The largest absolute Gasteiger partial charge is 0.390 e. The third kappa shape index (κ3) is 4.52. The van der Waals surface area contributed by atoms with Gasteiger partial charge < -0.3 is 5.11 Å². The van der Waals surface area contributed by atoms with E-state index in [0.29, 0.717) is 11.8 Å². The van der Waals surface area contributed by atoms with Gasteiger partial charge in [-0.2, -0.15) is 0 Å². The van der Waals surface area contributed by atoms with Gasteiger partial charge in [-0.3, -0.25) is 0 Å². The normalized spacial score (nSPS) is 19.5. The molecule has 16 heavy (non-hydrogen) atoms. The van der Waals surface area contributed by atoms with Crippen molar-refractivity contribution in [3.63, 3.8) is 0 Å². The monoisotopic (exact) mass is 340 g/mol. The number of hydrogen-bond acceptors (Lipinski definition) is 1. The van der Waals surface area contributed by atoms with E-state index in [9.17, 15) is 5.11 Å². The van der Waals surface area contributed by atoms with Gasteiger partial charge in [-0.25, -0.2) is 0 Å². The average Bonchev–Trinajstić information content (AvgIpc) is 2.26. The lowest BCUT2D eigenvalue weighted by Gasteiger charge is -2.39. The minimum Gasteiger partial charge on any atom is -0.390 e. The molecule has 0 aromatic heterocycles. The van der Waals surface area contributed by atoms with Crippen molar-refractivity contribution in [1.29, 1.82) is 0 Å². The van der Waals surface area contributed by atoms with Crippen LogP contribution in [0.2, 0.25) is 0 Å². The summed E-state index contributed by atoms with van der Waals surface area (Å²) in [5.41, 5.74) is -0.492. The first-order valence-electron chi connectivity index (χ1n) is 6.72. The Kier molecular flexibility index (Phi) is 8.25. The van der Waals surface area contributed by atoms with Crippen molar-refractivity contribution in [2.45, 2.75) is 65.9 Å². The molecule has 0 saturated heterocycles. The SMILES string of the molecule is CCC(C)CC(CI)C(C)(O)C(CC)CC. The fourth-order valence-corrected chi connectivity index (χ4v) is 3.81. The molecule has 0 aliphatic carbocycles. The maximum atomic E-state index is 10.8. The predicted octanol–water partition coefficient (Wildman–Crippen LogP) is 4.66. The standard InChI is InChI=1S/C14H29IO/c1-6-11(4)9-13(10-15)14(5,16)12(7-2)8-3/h11-13,16H,6-10H2,1-5H3. The number of halogens is 1. The van der Waals surface area contributed by atoms with Crippen molar-refractivity contribution >= 4 is 22.6 Å². The van der Waals surface area contributed by atoms with Gasteiger partial charge in [0.05, 0.1) is 5.60 Å². The van der Waals surface area contributed by atoms with Crippen LogP contribution in [0.4, 0.5) is 0 Å². The number of alkyl halides is 1. The maximum absolute atomic E-state index is 10.8. The summed E-state index contributed by atoms with van der Waals surface area (Å²) in [6, 6.07) is 0. The van der Waals surface area contributed by atoms with Crippen LogP contribution in [0, 0.1) is 17.8 Å². The molecule has 0 bridgehead atoms. The second-order valence-corrected chi connectivity index (χ2v) is 6.22. The predicted molar refractivity (Wildman–Crippen MR) is 81.1 cm³/mol. The first kappa shape index (κ1) is 16.7. The highest BCUT2D eigenvalue weighted by atomic mass is 127. The summed E-state index contributed by atoms with van der Waals surface area (Å²) in [6.45, 7) is 11.0. The van der Waals surface area contributed by atoms with Gasteiger partial charge in [-0.05, 0) is 31.1 Å². The van der Waals surface area contributed by atoms with E-state index in [-0.39, 0.29) is 0 Å². The van der Waals surface area contributed by atoms with E-state index in [1.165, 1.54) is 6.42 Å². The first-order chi connectivity index (χ1) is 7.43. The molecule has 0 saturated carbocycles. The van der Waals surface area contributed by atoms with Gasteiger partial charge in [0.15, 0.2) is 0 Å². The summed E-state index contributed by atoms with van der Waals surface area (Å²) in [7, 11) is 0. The van der Waals surface area contributed by atoms with E-state index in [2.05, 4.69) is 57.2 Å². The van der Waals surface area contributed by atoms with Gasteiger partial charge in [0.2, 0.25) is 0 Å². The van der Waals surface area contributed by atoms with Crippen LogP contribution in [0.3, 0.4) is 0 Å². The molecule has 0 heterocycles. The van der Waals surface area contributed by atoms with Gasteiger partial charge in [0.25, 0.3) is 0 Å². The van der Waals surface area contributed by atoms with Crippen LogP contribution in [0.1, 0.15) is 60.3 Å². The molecule has 0 fully saturated rings. The fraction of sp³-hybridized carbons (Fsp3) is 1.00. The highest BCUT2D eigenvalue weighted by Crippen LogP contribution is 2.36. The fourth-order valence-electron chi connectivity index (χ4n) is 2.56. The smallest absolute Gasteiger partial charge is 0.0683 e. The molecule has 0 aromatic rings. The molecule has 0 aromatic carbocycles.